The fraction of sp³-hybridized carbons (Fsp3) is 0.727. The topological polar surface area (TPSA) is 64.2 Å². The van der Waals surface area contributed by atoms with Gasteiger partial charge in [0.05, 0.1) is 23.3 Å². The Morgan fingerprint density at radius 1 is 1.06 bits per heavy atom. The average Bonchev–Trinajstić information content (AvgIpc) is 3.25. The van der Waals surface area contributed by atoms with E-state index in [9.17, 15) is 15.5 Å². The molecule has 0 aromatic heterocycles. The highest BCUT2D eigenvalue weighted by atomic mass is 16.3. The van der Waals surface area contributed by atoms with E-state index < -0.39 is 11.7 Å². The van der Waals surface area contributed by atoms with Crippen molar-refractivity contribution in [1.29, 1.82) is 5.26 Å². The first kappa shape index (κ1) is 26.0. The lowest BCUT2D eigenvalue weighted by atomic mass is 9.46. The Morgan fingerprint density at radius 3 is 2.58 bits per heavy atom. The molecule has 0 bridgehead atoms. The molecule has 0 heterocycles. The Kier molecular flexibility index (Phi) is 6.93. The molecule has 0 spiro atoms. The Hall–Kier alpha value is -1.63. The van der Waals surface area contributed by atoms with Crippen LogP contribution in [0.2, 0.25) is 0 Å². The zero-order valence-electron chi connectivity index (χ0n) is 23.0. The van der Waals surface area contributed by atoms with Crippen molar-refractivity contribution in [3.63, 3.8) is 0 Å². The molecule has 3 nitrogen and oxygen atoms in total. The van der Waals surface area contributed by atoms with Crippen molar-refractivity contribution in [2.75, 3.05) is 0 Å². The van der Waals surface area contributed by atoms with Crippen LogP contribution in [0.15, 0.2) is 35.9 Å². The number of benzene rings is 1. The smallest absolute Gasteiger partial charge is 0.0995 e. The van der Waals surface area contributed by atoms with Crippen molar-refractivity contribution in [2.45, 2.75) is 110 Å². The summed E-state index contributed by atoms with van der Waals surface area (Å²) in [5.41, 5.74) is 3.15. The molecule has 1 unspecified atom stereocenters. The second-order valence-electron chi connectivity index (χ2n) is 13.5. The van der Waals surface area contributed by atoms with E-state index in [-0.39, 0.29) is 5.41 Å². The van der Waals surface area contributed by atoms with Gasteiger partial charge in [0.15, 0.2) is 0 Å². The number of hydrogen-bond donors (Lipinski definition) is 2. The third-order valence-electron chi connectivity index (χ3n) is 12.0. The minimum absolute atomic E-state index is 0.285. The molecule has 0 saturated heterocycles. The Bertz CT molecular complexity index is 1040. The fourth-order valence-electron chi connectivity index (χ4n) is 9.66. The van der Waals surface area contributed by atoms with Crippen LogP contribution in [0.1, 0.15) is 116 Å². The Morgan fingerprint density at radius 2 is 1.83 bits per heavy atom. The normalized spacial score (nSPS) is 41.3. The van der Waals surface area contributed by atoms with Crippen molar-refractivity contribution in [3.05, 3.63) is 47.0 Å². The highest BCUT2D eigenvalue weighted by molar-refractivity contribution is 5.38. The molecule has 0 amide bonds. The van der Waals surface area contributed by atoms with Gasteiger partial charge in [-0.3, -0.25) is 0 Å². The number of aliphatic hydroxyl groups is 2. The first-order valence-electron chi connectivity index (χ1n) is 14.7. The van der Waals surface area contributed by atoms with Crippen LogP contribution in [-0.4, -0.2) is 15.8 Å². The largest absolute Gasteiger partial charge is 0.390 e. The molecular formula is C33H47NO2. The maximum absolute atomic E-state index is 11.0. The summed E-state index contributed by atoms with van der Waals surface area (Å²) in [5.74, 6) is 3.66. The lowest BCUT2D eigenvalue weighted by Crippen LogP contribution is -2.52. The zero-order chi connectivity index (χ0) is 25.7. The Labute approximate surface area is 219 Å². The highest BCUT2D eigenvalue weighted by Crippen LogP contribution is 2.67. The summed E-state index contributed by atoms with van der Waals surface area (Å²) in [6, 6.07) is 9.74. The number of hydrogen-bond acceptors (Lipinski definition) is 3. The molecule has 36 heavy (non-hydrogen) atoms. The van der Waals surface area contributed by atoms with E-state index >= 15 is 0 Å². The molecular weight excluding hydrogens is 442 g/mol. The second kappa shape index (κ2) is 9.59. The van der Waals surface area contributed by atoms with Crippen LogP contribution in [0, 0.1) is 51.8 Å². The fourth-order valence-corrected chi connectivity index (χ4v) is 9.66. The summed E-state index contributed by atoms with van der Waals surface area (Å²) in [4.78, 5) is 0. The number of nitrogens with zero attached hydrogens (tertiary/aromatic N) is 1. The molecule has 0 aliphatic heterocycles. The molecule has 3 fully saturated rings. The van der Waals surface area contributed by atoms with Crippen molar-refractivity contribution < 1.29 is 10.2 Å². The van der Waals surface area contributed by atoms with Crippen molar-refractivity contribution in [3.8, 4) is 6.07 Å². The molecule has 3 heteroatoms. The first-order valence-corrected chi connectivity index (χ1v) is 14.7. The van der Waals surface area contributed by atoms with E-state index in [1.165, 1.54) is 32.1 Å². The maximum atomic E-state index is 11.0. The van der Waals surface area contributed by atoms with Crippen LogP contribution in [0.25, 0.3) is 0 Å². The predicted molar refractivity (Wildman–Crippen MR) is 145 cm³/mol. The highest BCUT2D eigenvalue weighted by Gasteiger charge is 2.59. The number of aliphatic hydroxyl groups excluding tert-OH is 1. The molecule has 5 rings (SSSR count). The van der Waals surface area contributed by atoms with E-state index in [0.717, 1.165) is 67.8 Å². The quantitative estimate of drug-likeness (QED) is 0.402. The SMILES string of the molecule is CC[C@]1(O)CC[C@@]2(C)C(=CC[C@H]3[C@@H]4CC[C@H]([C@H](C)CCC(O)c5ccccc5C#N)[C@@]4(C)CC[C@@H]32)C1. The molecule has 9 atom stereocenters. The van der Waals surface area contributed by atoms with E-state index in [1.54, 1.807) is 5.57 Å². The van der Waals surface area contributed by atoms with Crippen molar-refractivity contribution >= 4 is 0 Å². The van der Waals surface area contributed by atoms with E-state index in [0.29, 0.717) is 16.9 Å². The summed E-state index contributed by atoms with van der Waals surface area (Å²) in [6.07, 6.45) is 14.2. The van der Waals surface area contributed by atoms with Gasteiger partial charge in [0.2, 0.25) is 0 Å². The van der Waals surface area contributed by atoms with Crippen LogP contribution < -0.4 is 0 Å². The van der Waals surface area contributed by atoms with Gasteiger partial charge in [0.1, 0.15) is 0 Å². The second-order valence-corrected chi connectivity index (χ2v) is 13.5. The molecule has 4 aliphatic rings. The zero-order valence-corrected chi connectivity index (χ0v) is 23.0. The van der Waals surface area contributed by atoms with Gasteiger partial charge in [-0.25, -0.2) is 0 Å². The standard InChI is InChI=1S/C33H47NO2/c1-5-33(36)19-18-31(3)24(20-33)11-12-26-28-14-13-27(32(28,4)17-16-29(26)31)22(2)10-15-30(35)25-9-7-6-8-23(25)21-34/h6-9,11,22,26-30,35-36H,5,10,12-20H2,1-4H3/t22-,26+,27-,28+,29+,30?,31+,32-,33+/m1/s1. The van der Waals surface area contributed by atoms with Gasteiger partial charge in [0, 0.05) is 0 Å². The molecule has 4 aliphatic carbocycles. The van der Waals surface area contributed by atoms with Crippen LogP contribution >= 0.6 is 0 Å². The number of allylic oxidation sites excluding steroid dienone is 1. The number of nitriles is 1. The molecule has 196 valence electrons. The Balaban J connectivity index is 1.28. The van der Waals surface area contributed by atoms with E-state index in [2.05, 4.69) is 39.8 Å². The molecule has 1 aromatic rings. The monoisotopic (exact) mass is 489 g/mol. The van der Waals surface area contributed by atoms with Gasteiger partial charge >= 0.3 is 0 Å². The van der Waals surface area contributed by atoms with Gasteiger partial charge < -0.3 is 10.2 Å². The first-order chi connectivity index (χ1) is 17.1. The molecule has 0 radical (unpaired) electrons. The van der Waals surface area contributed by atoms with Crippen LogP contribution in [0.5, 0.6) is 0 Å². The average molecular weight is 490 g/mol. The van der Waals surface area contributed by atoms with Crippen LogP contribution in [0.4, 0.5) is 0 Å². The third kappa shape index (κ3) is 4.17. The molecule has 2 N–H and O–H groups in total. The van der Waals surface area contributed by atoms with Gasteiger partial charge in [-0.15, -0.1) is 0 Å². The van der Waals surface area contributed by atoms with Crippen molar-refractivity contribution in [2.24, 2.45) is 40.4 Å². The van der Waals surface area contributed by atoms with Crippen LogP contribution in [-0.2, 0) is 0 Å². The lowest BCUT2D eigenvalue weighted by molar-refractivity contribution is -0.0757. The summed E-state index contributed by atoms with van der Waals surface area (Å²) < 4.78 is 0. The third-order valence-corrected chi connectivity index (χ3v) is 12.0. The molecule has 3 saturated carbocycles. The summed E-state index contributed by atoms with van der Waals surface area (Å²) in [6.45, 7) is 9.69. The summed E-state index contributed by atoms with van der Waals surface area (Å²) in [7, 11) is 0. The van der Waals surface area contributed by atoms with Gasteiger partial charge in [-0.05, 0) is 123 Å². The van der Waals surface area contributed by atoms with Gasteiger partial charge in [-0.2, -0.15) is 5.26 Å². The minimum atomic E-state index is -0.557. The number of rotatable bonds is 6. The minimum Gasteiger partial charge on any atom is -0.390 e. The van der Waals surface area contributed by atoms with Gasteiger partial charge in [0.25, 0.3) is 0 Å². The summed E-state index contributed by atoms with van der Waals surface area (Å²) in [5, 5.41) is 31.4. The summed E-state index contributed by atoms with van der Waals surface area (Å²) >= 11 is 0. The lowest BCUT2D eigenvalue weighted by Gasteiger charge is -2.59. The van der Waals surface area contributed by atoms with Crippen LogP contribution in [0.3, 0.4) is 0 Å². The van der Waals surface area contributed by atoms with E-state index in [4.69, 9.17) is 0 Å². The van der Waals surface area contributed by atoms with Crippen molar-refractivity contribution in [1.82, 2.24) is 0 Å². The maximum Gasteiger partial charge on any atom is 0.0995 e. The predicted octanol–water partition coefficient (Wildman–Crippen LogP) is 7.73. The van der Waals surface area contributed by atoms with E-state index in [1.807, 2.05) is 24.3 Å². The molecule has 1 aromatic carbocycles. The van der Waals surface area contributed by atoms with Gasteiger partial charge in [-0.1, -0.05) is 57.5 Å². The number of fused-ring (bicyclic) bond motifs is 5.